The summed E-state index contributed by atoms with van der Waals surface area (Å²) in [6.45, 7) is 11.1. The van der Waals surface area contributed by atoms with Crippen molar-refractivity contribution in [3.8, 4) is 6.07 Å². The fourth-order valence-electron chi connectivity index (χ4n) is 5.42. The Kier molecular flexibility index (Phi) is 7.15. The van der Waals surface area contributed by atoms with Crippen LogP contribution in [0.2, 0.25) is 0 Å². The molecule has 0 atom stereocenters. The number of rotatable bonds is 5. The number of hydrogen-bond acceptors (Lipinski definition) is 5. The SMILES string of the molecule is CC(C)(C)OC(=O)N1CCC(C#N)(N2CCC(C)(N(Cc3ccccc3)C(=O)C3CC3)CC2)CC1. The molecule has 0 bridgehead atoms. The molecule has 2 heterocycles. The summed E-state index contributed by atoms with van der Waals surface area (Å²) in [6, 6.07) is 12.9. The van der Waals surface area contributed by atoms with Crippen LogP contribution in [0.3, 0.4) is 0 Å². The zero-order valence-electron chi connectivity index (χ0n) is 21.8. The molecule has 0 aromatic heterocycles. The molecule has 3 fully saturated rings. The molecule has 0 N–H and O–H groups in total. The van der Waals surface area contributed by atoms with Crippen LogP contribution in [0.5, 0.6) is 0 Å². The number of ether oxygens (including phenoxy) is 1. The minimum Gasteiger partial charge on any atom is -0.444 e. The average Bonchev–Trinajstić information content (AvgIpc) is 3.68. The van der Waals surface area contributed by atoms with E-state index in [0.29, 0.717) is 32.5 Å². The largest absolute Gasteiger partial charge is 0.444 e. The van der Waals surface area contributed by atoms with Crippen molar-refractivity contribution in [1.82, 2.24) is 14.7 Å². The molecule has 2 aliphatic heterocycles. The topological polar surface area (TPSA) is 76.9 Å². The second kappa shape index (κ2) is 9.81. The Hall–Kier alpha value is -2.59. The normalized spacial score (nSPS) is 22.2. The summed E-state index contributed by atoms with van der Waals surface area (Å²) in [5.74, 6) is 0.460. The van der Waals surface area contributed by atoms with Crippen molar-refractivity contribution in [3.63, 3.8) is 0 Å². The maximum atomic E-state index is 13.3. The molecule has 35 heavy (non-hydrogen) atoms. The summed E-state index contributed by atoms with van der Waals surface area (Å²) in [4.78, 5) is 32.0. The maximum absolute atomic E-state index is 13.3. The van der Waals surface area contributed by atoms with Crippen molar-refractivity contribution in [2.45, 2.75) is 89.4 Å². The van der Waals surface area contributed by atoms with Crippen molar-refractivity contribution in [2.24, 2.45) is 5.92 Å². The third-order valence-corrected chi connectivity index (χ3v) is 7.92. The van der Waals surface area contributed by atoms with E-state index in [9.17, 15) is 14.9 Å². The van der Waals surface area contributed by atoms with Gasteiger partial charge in [0.05, 0.1) is 6.07 Å². The van der Waals surface area contributed by atoms with Crippen molar-refractivity contribution in [3.05, 3.63) is 35.9 Å². The summed E-state index contributed by atoms with van der Waals surface area (Å²) in [5.41, 5.74) is -0.153. The molecular weight excluding hydrogens is 440 g/mol. The molecule has 4 rings (SSSR count). The number of piperidine rings is 2. The van der Waals surface area contributed by atoms with Gasteiger partial charge in [0.25, 0.3) is 0 Å². The Labute approximate surface area is 210 Å². The summed E-state index contributed by atoms with van der Waals surface area (Å²) in [5, 5.41) is 10.2. The maximum Gasteiger partial charge on any atom is 0.410 e. The second-order valence-electron chi connectivity index (χ2n) is 11.8. The molecule has 2 amide bonds. The fourth-order valence-corrected chi connectivity index (χ4v) is 5.42. The van der Waals surface area contributed by atoms with E-state index in [1.807, 2.05) is 39.0 Å². The van der Waals surface area contributed by atoms with Gasteiger partial charge in [0.2, 0.25) is 5.91 Å². The van der Waals surface area contributed by atoms with Gasteiger partial charge in [0.15, 0.2) is 0 Å². The highest BCUT2D eigenvalue weighted by Crippen LogP contribution is 2.40. The van der Waals surface area contributed by atoms with E-state index in [0.717, 1.165) is 44.3 Å². The van der Waals surface area contributed by atoms with E-state index in [-0.39, 0.29) is 23.5 Å². The molecule has 1 aromatic carbocycles. The summed E-state index contributed by atoms with van der Waals surface area (Å²) < 4.78 is 5.53. The third-order valence-electron chi connectivity index (χ3n) is 7.92. The standard InChI is InChI=1S/C28H40N4O3/c1-26(2,3)35-25(34)30-16-14-28(21-29,15-17-30)31-18-12-27(4,13-19-31)32(24(33)23-10-11-23)20-22-8-6-5-7-9-22/h5-9,23H,10-20H2,1-4H3. The Morgan fingerprint density at radius 2 is 1.66 bits per heavy atom. The second-order valence-corrected chi connectivity index (χ2v) is 11.8. The smallest absolute Gasteiger partial charge is 0.410 e. The summed E-state index contributed by atoms with van der Waals surface area (Å²) in [7, 11) is 0. The van der Waals surface area contributed by atoms with Gasteiger partial charge in [-0.3, -0.25) is 9.69 Å². The molecular formula is C28H40N4O3. The quantitative estimate of drug-likeness (QED) is 0.617. The molecule has 1 aliphatic carbocycles. The lowest BCUT2D eigenvalue weighted by Gasteiger charge is -2.52. The van der Waals surface area contributed by atoms with Gasteiger partial charge < -0.3 is 14.5 Å². The van der Waals surface area contributed by atoms with E-state index in [1.165, 1.54) is 0 Å². The number of nitrogens with zero attached hydrogens (tertiary/aromatic N) is 4. The van der Waals surface area contributed by atoms with E-state index in [2.05, 4.69) is 34.9 Å². The number of hydrogen-bond donors (Lipinski definition) is 0. The summed E-state index contributed by atoms with van der Waals surface area (Å²) in [6.07, 6.45) is 4.62. The number of nitriles is 1. The Balaban J connectivity index is 1.41. The van der Waals surface area contributed by atoms with E-state index < -0.39 is 11.1 Å². The van der Waals surface area contributed by atoms with Gasteiger partial charge in [-0.25, -0.2) is 4.79 Å². The summed E-state index contributed by atoms with van der Waals surface area (Å²) >= 11 is 0. The molecule has 7 heteroatoms. The lowest BCUT2D eigenvalue weighted by atomic mass is 9.81. The third kappa shape index (κ3) is 5.81. The van der Waals surface area contributed by atoms with Crippen LogP contribution in [0.25, 0.3) is 0 Å². The van der Waals surface area contributed by atoms with Crippen molar-refractivity contribution in [1.29, 1.82) is 5.26 Å². The molecule has 2 saturated heterocycles. The van der Waals surface area contributed by atoms with Crippen molar-refractivity contribution < 1.29 is 14.3 Å². The minimum absolute atomic E-state index is 0.177. The number of likely N-dealkylation sites (tertiary alicyclic amines) is 2. The van der Waals surface area contributed by atoms with Crippen LogP contribution in [0.15, 0.2) is 30.3 Å². The predicted octanol–water partition coefficient (Wildman–Crippen LogP) is 4.57. The number of amides is 2. The number of carbonyl (C=O) groups excluding carboxylic acids is 2. The molecule has 0 radical (unpaired) electrons. The van der Waals surface area contributed by atoms with Crippen LogP contribution in [-0.2, 0) is 16.1 Å². The van der Waals surface area contributed by atoms with Crippen molar-refractivity contribution in [2.75, 3.05) is 26.2 Å². The zero-order valence-corrected chi connectivity index (χ0v) is 21.8. The first-order valence-corrected chi connectivity index (χ1v) is 13.0. The van der Waals surface area contributed by atoms with Gasteiger partial charge in [-0.1, -0.05) is 30.3 Å². The first-order valence-electron chi connectivity index (χ1n) is 13.0. The first-order chi connectivity index (χ1) is 16.6. The molecule has 1 saturated carbocycles. The van der Waals surface area contributed by atoms with Gasteiger partial charge in [0, 0.05) is 44.2 Å². The van der Waals surface area contributed by atoms with Crippen LogP contribution < -0.4 is 0 Å². The predicted molar refractivity (Wildman–Crippen MR) is 134 cm³/mol. The first kappa shape index (κ1) is 25.5. The Morgan fingerprint density at radius 3 is 2.17 bits per heavy atom. The van der Waals surface area contributed by atoms with Gasteiger partial charge in [-0.15, -0.1) is 0 Å². The van der Waals surface area contributed by atoms with E-state index in [4.69, 9.17) is 4.74 Å². The van der Waals surface area contributed by atoms with Gasteiger partial charge in [-0.2, -0.15) is 5.26 Å². The molecule has 3 aliphatic rings. The lowest BCUT2D eigenvalue weighted by molar-refractivity contribution is -0.142. The van der Waals surface area contributed by atoms with Crippen LogP contribution in [0, 0.1) is 17.2 Å². The molecule has 0 unspecified atom stereocenters. The van der Waals surface area contributed by atoms with Crippen molar-refractivity contribution >= 4 is 12.0 Å². The van der Waals surface area contributed by atoms with Gasteiger partial charge in [0.1, 0.15) is 11.1 Å². The highest BCUT2D eigenvalue weighted by Gasteiger charge is 2.48. The highest BCUT2D eigenvalue weighted by molar-refractivity contribution is 5.81. The highest BCUT2D eigenvalue weighted by atomic mass is 16.6. The Bertz CT molecular complexity index is 945. The molecule has 190 valence electrons. The Morgan fingerprint density at radius 1 is 1.06 bits per heavy atom. The monoisotopic (exact) mass is 480 g/mol. The van der Waals surface area contributed by atoms with Gasteiger partial charge in [-0.05, 0) is 71.8 Å². The van der Waals surface area contributed by atoms with Gasteiger partial charge >= 0.3 is 6.09 Å². The molecule has 0 spiro atoms. The van der Waals surface area contributed by atoms with Crippen LogP contribution in [0.1, 0.15) is 71.8 Å². The zero-order chi connectivity index (χ0) is 25.3. The average molecular weight is 481 g/mol. The number of benzene rings is 1. The van der Waals surface area contributed by atoms with E-state index in [1.54, 1.807) is 4.90 Å². The fraction of sp³-hybridized carbons (Fsp3) is 0.679. The molecule has 1 aromatic rings. The number of carbonyl (C=O) groups is 2. The minimum atomic E-state index is -0.565. The van der Waals surface area contributed by atoms with Crippen LogP contribution in [-0.4, -0.2) is 69.6 Å². The molecule has 7 nitrogen and oxygen atoms in total. The lowest BCUT2D eigenvalue weighted by Crippen LogP contribution is -2.62. The van der Waals surface area contributed by atoms with Crippen LogP contribution >= 0.6 is 0 Å². The van der Waals surface area contributed by atoms with Crippen LogP contribution in [0.4, 0.5) is 4.79 Å². The van der Waals surface area contributed by atoms with E-state index >= 15 is 0 Å².